The number of sulfonamides is 1. The normalized spacial score (nSPS) is 12.0. The van der Waals surface area contributed by atoms with E-state index in [1.54, 1.807) is 30.3 Å². The van der Waals surface area contributed by atoms with Gasteiger partial charge < -0.3 is 19.4 Å². The Balaban J connectivity index is 1.50. The number of ether oxygens (including phenoxy) is 2. The molecular weight excluding hydrogens is 463 g/mol. The van der Waals surface area contributed by atoms with Crippen LogP contribution in [0.5, 0.6) is 17.2 Å². The van der Waals surface area contributed by atoms with Gasteiger partial charge in [0, 0.05) is 6.07 Å². The molecule has 0 bridgehead atoms. The molecule has 0 unspecified atom stereocenters. The monoisotopic (exact) mass is 479 g/mol. The lowest BCUT2D eigenvalue weighted by Gasteiger charge is -2.12. The number of fused-ring (bicyclic) bond motifs is 1. The van der Waals surface area contributed by atoms with Gasteiger partial charge in [-0.15, -0.1) is 13.2 Å². The van der Waals surface area contributed by atoms with E-state index in [1.807, 2.05) is 0 Å². The van der Waals surface area contributed by atoms with Gasteiger partial charge in [0.05, 0.1) is 17.0 Å². The van der Waals surface area contributed by atoms with Crippen LogP contribution in [0.4, 0.5) is 18.9 Å². The van der Waals surface area contributed by atoms with Crippen molar-refractivity contribution in [3.63, 3.8) is 0 Å². The summed E-state index contributed by atoms with van der Waals surface area (Å²) in [7, 11) is -3.96. The van der Waals surface area contributed by atoms with Gasteiger partial charge in [-0.05, 0) is 42.0 Å². The number of para-hydroxylation sites is 1. The summed E-state index contributed by atoms with van der Waals surface area (Å²) in [6.45, 7) is 0. The van der Waals surface area contributed by atoms with Crippen LogP contribution in [0, 0.1) is 0 Å². The number of aromatic nitrogens is 2. The first-order valence-electron chi connectivity index (χ1n) is 9.40. The van der Waals surface area contributed by atoms with Crippen molar-refractivity contribution in [2.45, 2.75) is 12.1 Å². The number of rotatable bonds is 7. The molecule has 12 heteroatoms. The van der Waals surface area contributed by atoms with Crippen molar-refractivity contribution in [2.75, 3.05) is 4.72 Å². The van der Waals surface area contributed by atoms with Crippen molar-refractivity contribution in [1.29, 1.82) is 0 Å². The topological polar surface area (TPSA) is 113 Å². The van der Waals surface area contributed by atoms with E-state index in [0.717, 1.165) is 12.1 Å². The molecule has 3 N–H and O–H groups in total. The molecule has 172 valence electrons. The predicted octanol–water partition coefficient (Wildman–Crippen LogP) is 4.49. The number of nitrogens with one attached hydrogen (secondary N) is 3. The highest BCUT2D eigenvalue weighted by atomic mass is 32.2. The van der Waals surface area contributed by atoms with Crippen LogP contribution in [-0.2, 0) is 15.8 Å². The fraction of sp³-hybridized carbons (Fsp3) is 0.0952. The Morgan fingerprint density at radius 3 is 2.42 bits per heavy atom. The lowest BCUT2D eigenvalue weighted by atomic mass is 10.2. The largest absolute Gasteiger partial charge is 0.573 e. The Hall–Kier alpha value is -3.93. The van der Waals surface area contributed by atoms with Gasteiger partial charge in [0.2, 0.25) is 10.0 Å². The number of imidazole rings is 1. The van der Waals surface area contributed by atoms with E-state index in [9.17, 15) is 26.4 Å². The number of hydrogen-bond donors (Lipinski definition) is 3. The van der Waals surface area contributed by atoms with Gasteiger partial charge in [-0.25, -0.2) is 13.2 Å². The highest BCUT2D eigenvalue weighted by Gasteiger charge is 2.31. The molecule has 1 heterocycles. The van der Waals surface area contributed by atoms with Crippen LogP contribution >= 0.6 is 0 Å². The molecule has 0 amide bonds. The Morgan fingerprint density at radius 2 is 1.64 bits per heavy atom. The molecule has 0 saturated heterocycles. The Labute approximate surface area is 185 Å². The fourth-order valence-corrected chi connectivity index (χ4v) is 4.31. The Kier molecular flexibility index (Phi) is 5.77. The zero-order valence-electron chi connectivity index (χ0n) is 16.6. The average molecular weight is 479 g/mol. The summed E-state index contributed by atoms with van der Waals surface area (Å²) in [6, 6.07) is 15.8. The quantitative estimate of drug-likeness (QED) is 0.362. The second kappa shape index (κ2) is 8.54. The van der Waals surface area contributed by atoms with E-state index in [-0.39, 0.29) is 11.3 Å². The number of benzene rings is 3. The maximum atomic E-state index is 12.6. The Bertz CT molecular complexity index is 1460. The summed E-state index contributed by atoms with van der Waals surface area (Å²) in [6.07, 6.45) is -4.88. The zero-order valence-corrected chi connectivity index (χ0v) is 17.5. The van der Waals surface area contributed by atoms with Crippen LogP contribution < -0.4 is 19.9 Å². The van der Waals surface area contributed by atoms with Crippen LogP contribution in [0.3, 0.4) is 0 Å². The van der Waals surface area contributed by atoms with E-state index >= 15 is 0 Å². The highest BCUT2D eigenvalue weighted by molar-refractivity contribution is 7.91. The molecule has 4 rings (SSSR count). The van der Waals surface area contributed by atoms with Gasteiger partial charge in [-0.3, -0.25) is 4.72 Å². The number of H-pyrrole nitrogens is 2. The van der Waals surface area contributed by atoms with Gasteiger partial charge >= 0.3 is 12.1 Å². The summed E-state index contributed by atoms with van der Waals surface area (Å²) in [5.74, 6) is -0.433. The summed E-state index contributed by atoms with van der Waals surface area (Å²) < 4.78 is 74.3. The van der Waals surface area contributed by atoms with Gasteiger partial charge in [0.15, 0.2) is 5.75 Å². The second-order valence-corrected chi connectivity index (χ2v) is 8.67. The van der Waals surface area contributed by atoms with Crippen LogP contribution in [0.1, 0.15) is 5.56 Å². The molecular formula is C21H16F3N3O5S. The lowest BCUT2D eigenvalue weighted by molar-refractivity contribution is -0.274. The molecule has 0 spiro atoms. The summed E-state index contributed by atoms with van der Waals surface area (Å²) >= 11 is 0. The third-order valence-corrected chi connectivity index (χ3v) is 5.60. The molecule has 3 aromatic carbocycles. The van der Waals surface area contributed by atoms with Crippen molar-refractivity contribution in [3.8, 4) is 17.2 Å². The van der Waals surface area contributed by atoms with Crippen molar-refractivity contribution in [3.05, 3.63) is 82.8 Å². The van der Waals surface area contributed by atoms with E-state index in [2.05, 4.69) is 19.4 Å². The molecule has 0 aliphatic carbocycles. The van der Waals surface area contributed by atoms with Crippen molar-refractivity contribution in [1.82, 2.24) is 9.97 Å². The van der Waals surface area contributed by atoms with Crippen LogP contribution in [0.25, 0.3) is 11.0 Å². The minimum atomic E-state index is -4.88. The molecule has 4 aromatic rings. The van der Waals surface area contributed by atoms with E-state index in [1.165, 1.54) is 24.3 Å². The fourth-order valence-electron chi connectivity index (χ4n) is 3.13. The number of hydrogen-bond acceptors (Lipinski definition) is 5. The standard InChI is InChI=1S/C21H16F3N3O5S/c22-21(23,24)32-16-7-1-4-13(10-16)12-33(29,30)27-14-5-2-6-15(11-14)31-18-9-3-8-17-19(18)26-20(28)25-17/h1-11,27H,12H2,(H2,25,26,28). The van der Waals surface area contributed by atoms with Crippen molar-refractivity contribution < 1.29 is 31.1 Å². The number of aromatic amines is 2. The number of anilines is 1. The summed E-state index contributed by atoms with van der Waals surface area (Å²) in [5.41, 5.74) is 0.900. The van der Waals surface area contributed by atoms with Crippen LogP contribution in [0.15, 0.2) is 71.5 Å². The first-order valence-corrected chi connectivity index (χ1v) is 11.1. The first-order chi connectivity index (χ1) is 15.6. The Morgan fingerprint density at radius 1 is 0.909 bits per heavy atom. The summed E-state index contributed by atoms with van der Waals surface area (Å²) in [5, 5.41) is 0. The summed E-state index contributed by atoms with van der Waals surface area (Å²) in [4.78, 5) is 16.8. The molecule has 0 radical (unpaired) electrons. The molecule has 8 nitrogen and oxygen atoms in total. The highest BCUT2D eigenvalue weighted by Crippen LogP contribution is 2.29. The van der Waals surface area contributed by atoms with E-state index < -0.39 is 33.6 Å². The zero-order chi connectivity index (χ0) is 23.6. The van der Waals surface area contributed by atoms with E-state index in [0.29, 0.717) is 22.5 Å². The van der Waals surface area contributed by atoms with Crippen LogP contribution in [-0.4, -0.2) is 24.7 Å². The SMILES string of the molecule is O=c1[nH]c2cccc(Oc3cccc(NS(=O)(=O)Cc4cccc(OC(F)(F)F)c4)c3)c2[nH]1. The van der Waals surface area contributed by atoms with Gasteiger partial charge in [-0.2, -0.15) is 0 Å². The third-order valence-electron chi connectivity index (χ3n) is 4.34. The van der Waals surface area contributed by atoms with Gasteiger partial charge in [-0.1, -0.05) is 24.3 Å². The number of alkyl halides is 3. The molecule has 0 aliphatic rings. The molecule has 0 saturated carbocycles. The molecule has 1 aromatic heterocycles. The van der Waals surface area contributed by atoms with Crippen molar-refractivity contribution in [2.24, 2.45) is 0 Å². The number of halogens is 3. The average Bonchev–Trinajstić information content (AvgIpc) is 3.08. The molecule has 0 atom stereocenters. The maximum absolute atomic E-state index is 12.6. The molecule has 0 fully saturated rings. The predicted molar refractivity (Wildman–Crippen MR) is 115 cm³/mol. The van der Waals surface area contributed by atoms with Crippen LogP contribution in [0.2, 0.25) is 0 Å². The van der Waals surface area contributed by atoms with E-state index in [4.69, 9.17) is 4.74 Å². The third kappa shape index (κ3) is 5.86. The minimum absolute atomic E-state index is 0.111. The second-order valence-electron chi connectivity index (χ2n) is 6.94. The molecule has 33 heavy (non-hydrogen) atoms. The lowest BCUT2D eigenvalue weighted by Crippen LogP contribution is -2.18. The molecule has 0 aliphatic heterocycles. The minimum Gasteiger partial charge on any atom is -0.455 e. The van der Waals surface area contributed by atoms with Crippen molar-refractivity contribution >= 4 is 26.7 Å². The van der Waals surface area contributed by atoms with Gasteiger partial charge in [0.1, 0.15) is 17.0 Å². The first kappa shape index (κ1) is 22.3. The smallest absolute Gasteiger partial charge is 0.455 e. The maximum Gasteiger partial charge on any atom is 0.573 e. The van der Waals surface area contributed by atoms with Gasteiger partial charge in [0.25, 0.3) is 0 Å².